The number of carbonyl (C=O) groups is 2. The third-order valence-electron chi connectivity index (χ3n) is 1.81. The highest BCUT2D eigenvalue weighted by Gasteiger charge is 2.20. The highest BCUT2D eigenvalue weighted by Crippen LogP contribution is 2.24. The Kier molecular flexibility index (Phi) is 2.25. The zero-order valence-electron chi connectivity index (χ0n) is 7.04. The first-order valence-corrected chi connectivity index (χ1v) is 4.74. The summed E-state index contributed by atoms with van der Waals surface area (Å²) in [5, 5.41) is 2.44. The molecule has 0 bridgehead atoms. The number of carbonyl (C=O) groups excluding carboxylic acids is 2. The molecular formula is C9H6BrNO3. The molecule has 14 heavy (non-hydrogen) atoms. The number of amides is 1. The number of fused-ring (bicyclic) bond motifs is 1. The minimum absolute atomic E-state index is 0.0921. The van der Waals surface area contributed by atoms with Gasteiger partial charge in [-0.1, -0.05) is 15.9 Å². The molecule has 0 aliphatic carbocycles. The van der Waals surface area contributed by atoms with E-state index in [1.807, 2.05) is 0 Å². The molecule has 0 unspecified atom stereocenters. The Hall–Kier alpha value is -1.36. The third kappa shape index (κ3) is 1.63. The average Bonchev–Trinajstić information content (AvgIpc) is 2.26. The Balaban J connectivity index is 2.52. The highest BCUT2D eigenvalue weighted by molar-refractivity contribution is 9.10. The fourth-order valence-electron chi connectivity index (χ4n) is 1.17. The molecule has 0 saturated heterocycles. The summed E-state index contributed by atoms with van der Waals surface area (Å²) in [6.07, 6.45) is 0. The van der Waals surface area contributed by atoms with Crippen molar-refractivity contribution in [1.82, 2.24) is 5.32 Å². The van der Waals surface area contributed by atoms with E-state index in [1.54, 1.807) is 18.2 Å². The topological polar surface area (TPSA) is 55.4 Å². The SMILES string of the molecule is O=C1CNC(=O)c2ccc(Br)cc2O1. The fraction of sp³-hybridized carbons (Fsp3) is 0.111. The molecule has 1 aromatic carbocycles. The normalized spacial score (nSPS) is 15.2. The first kappa shape index (κ1) is 9.21. The first-order chi connectivity index (χ1) is 6.66. The molecule has 0 radical (unpaired) electrons. The summed E-state index contributed by atoms with van der Waals surface area (Å²) >= 11 is 3.23. The Bertz CT molecular complexity index is 417. The quantitative estimate of drug-likeness (QED) is 0.558. The van der Waals surface area contributed by atoms with Gasteiger partial charge in [-0.3, -0.25) is 4.79 Å². The number of ether oxygens (including phenoxy) is 1. The molecule has 0 aromatic heterocycles. The molecule has 72 valence electrons. The van der Waals surface area contributed by atoms with Crippen LogP contribution < -0.4 is 10.1 Å². The predicted molar refractivity (Wildman–Crippen MR) is 52.1 cm³/mol. The van der Waals surface area contributed by atoms with E-state index < -0.39 is 5.97 Å². The number of hydrogen-bond donors (Lipinski definition) is 1. The van der Waals surface area contributed by atoms with Crippen molar-refractivity contribution in [3.63, 3.8) is 0 Å². The van der Waals surface area contributed by atoms with Crippen LogP contribution in [0.15, 0.2) is 22.7 Å². The van der Waals surface area contributed by atoms with Crippen molar-refractivity contribution in [2.45, 2.75) is 0 Å². The Morgan fingerprint density at radius 1 is 1.36 bits per heavy atom. The number of nitrogens with one attached hydrogen (secondary N) is 1. The summed E-state index contributed by atoms with van der Waals surface area (Å²) < 4.78 is 5.72. The van der Waals surface area contributed by atoms with E-state index in [9.17, 15) is 9.59 Å². The van der Waals surface area contributed by atoms with Gasteiger partial charge in [-0.15, -0.1) is 0 Å². The standard InChI is InChI=1S/C9H6BrNO3/c10-5-1-2-6-7(3-5)14-8(12)4-11-9(6)13/h1-3H,4H2,(H,11,13). The molecule has 0 fully saturated rings. The first-order valence-electron chi connectivity index (χ1n) is 3.95. The average molecular weight is 256 g/mol. The van der Waals surface area contributed by atoms with Crippen LogP contribution in [0.2, 0.25) is 0 Å². The number of rotatable bonds is 0. The third-order valence-corrected chi connectivity index (χ3v) is 2.30. The van der Waals surface area contributed by atoms with Crippen molar-refractivity contribution in [3.8, 4) is 5.75 Å². The Morgan fingerprint density at radius 2 is 2.14 bits per heavy atom. The zero-order valence-corrected chi connectivity index (χ0v) is 8.63. The van der Waals surface area contributed by atoms with Crippen LogP contribution >= 0.6 is 15.9 Å². The number of esters is 1. The number of benzene rings is 1. The van der Waals surface area contributed by atoms with E-state index in [1.165, 1.54) is 0 Å². The van der Waals surface area contributed by atoms with Crippen molar-refractivity contribution in [2.75, 3.05) is 6.54 Å². The molecule has 1 N–H and O–H groups in total. The molecule has 1 aliphatic heterocycles. The van der Waals surface area contributed by atoms with Gasteiger partial charge in [0.1, 0.15) is 12.3 Å². The summed E-state index contributed by atoms with van der Waals surface area (Å²) in [6, 6.07) is 4.92. The molecular weight excluding hydrogens is 250 g/mol. The van der Waals surface area contributed by atoms with Crippen LogP contribution in [-0.2, 0) is 4.79 Å². The van der Waals surface area contributed by atoms with Gasteiger partial charge in [0.25, 0.3) is 5.91 Å². The lowest BCUT2D eigenvalue weighted by Gasteiger charge is -2.03. The van der Waals surface area contributed by atoms with E-state index in [4.69, 9.17) is 4.74 Å². The molecule has 0 spiro atoms. The van der Waals surface area contributed by atoms with Crippen LogP contribution in [-0.4, -0.2) is 18.4 Å². The molecule has 2 rings (SSSR count). The second-order valence-corrected chi connectivity index (χ2v) is 3.71. The Morgan fingerprint density at radius 3 is 2.93 bits per heavy atom. The Labute approximate surface area is 88.4 Å². The van der Waals surface area contributed by atoms with E-state index >= 15 is 0 Å². The maximum absolute atomic E-state index is 11.4. The lowest BCUT2D eigenvalue weighted by atomic mass is 10.2. The van der Waals surface area contributed by atoms with Gasteiger partial charge in [-0.05, 0) is 18.2 Å². The fourth-order valence-corrected chi connectivity index (χ4v) is 1.51. The lowest BCUT2D eigenvalue weighted by Crippen LogP contribution is -2.27. The van der Waals surface area contributed by atoms with Gasteiger partial charge in [0.2, 0.25) is 0 Å². The summed E-state index contributed by atoms with van der Waals surface area (Å²) in [7, 11) is 0. The van der Waals surface area contributed by atoms with Crippen molar-refractivity contribution in [3.05, 3.63) is 28.2 Å². The van der Waals surface area contributed by atoms with Crippen LogP contribution in [0.3, 0.4) is 0 Å². The van der Waals surface area contributed by atoms with Crippen LogP contribution in [0.4, 0.5) is 0 Å². The second kappa shape index (κ2) is 3.42. The molecule has 0 saturated carbocycles. The summed E-state index contributed by atoms with van der Waals surface area (Å²) in [4.78, 5) is 22.5. The van der Waals surface area contributed by atoms with E-state index in [-0.39, 0.29) is 12.5 Å². The molecule has 4 nitrogen and oxygen atoms in total. The molecule has 5 heteroatoms. The molecule has 1 heterocycles. The predicted octanol–water partition coefficient (Wildman–Crippen LogP) is 1.10. The van der Waals surface area contributed by atoms with Crippen LogP contribution in [0.25, 0.3) is 0 Å². The monoisotopic (exact) mass is 255 g/mol. The maximum Gasteiger partial charge on any atom is 0.330 e. The molecule has 1 amide bonds. The smallest absolute Gasteiger partial charge is 0.330 e. The minimum Gasteiger partial charge on any atom is -0.424 e. The molecule has 0 atom stereocenters. The van der Waals surface area contributed by atoms with Crippen molar-refractivity contribution < 1.29 is 14.3 Å². The number of halogens is 1. The molecule has 1 aliphatic rings. The zero-order chi connectivity index (χ0) is 10.1. The van der Waals surface area contributed by atoms with Crippen LogP contribution in [0.1, 0.15) is 10.4 Å². The van der Waals surface area contributed by atoms with E-state index in [2.05, 4.69) is 21.2 Å². The van der Waals surface area contributed by atoms with Crippen LogP contribution in [0, 0.1) is 0 Å². The summed E-state index contributed by atoms with van der Waals surface area (Å²) in [6.45, 7) is -0.0921. The summed E-state index contributed by atoms with van der Waals surface area (Å²) in [5.74, 6) is -0.465. The van der Waals surface area contributed by atoms with Gasteiger partial charge < -0.3 is 10.1 Å². The largest absolute Gasteiger partial charge is 0.424 e. The van der Waals surface area contributed by atoms with Crippen molar-refractivity contribution in [1.29, 1.82) is 0 Å². The highest BCUT2D eigenvalue weighted by atomic mass is 79.9. The van der Waals surface area contributed by atoms with E-state index in [0.717, 1.165) is 4.47 Å². The van der Waals surface area contributed by atoms with Gasteiger partial charge >= 0.3 is 5.97 Å². The van der Waals surface area contributed by atoms with Gasteiger partial charge in [0.05, 0.1) is 5.56 Å². The van der Waals surface area contributed by atoms with Gasteiger partial charge in [0.15, 0.2) is 0 Å². The maximum atomic E-state index is 11.4. The van der Waals surface area contributed by atoms with Gasteiger partial charge in [-0.2, -0.15) is 0 Å². The van der Waals surface area contributed by atoms with E-state index in [0.29, 0.717) is 11.3 Å². The molecule has 1 aromatic rings. The van der Waals surface area contributed by atoms with Crippen molar-refractivity contribution >= 4 is 27.8 Å². The van der Waals surface area contributed by atoms with Crippen molar-refractivity contribution in [2.24, 2.45) is 0 Å². The second-order valence-electron chi connectivity index (χ2n) is 2.80. The summed E-state index contributed by atoms with van der Waals surface area (Å²) in [5.41, 5.74) is 0.374. The van der Waals surface area contributed by atoms with Gasteiger partial charge in [0, 0.05) is 4.47 Å². The van der Waals surface area contributed by atoms with Crippen LogP contribution in [0.5, 0.6) is 5.75 Å². The number of hydrogen-bond acceptors (Lipinski definition) is 3. The van der Waals surface area contributed by atoms with Gasteiger partial charge in [-0.25, -0.2) is 4.79 Å². The minimum atomic E-state index is -0.463. The lowest BCUT2D eigenvalue weighted by molar-refractivity contribution is -0.133.